The van der Waals surface area contributed by atoms with Crippen LogP contribution in [0, 0.1) is 0 Å². The van der Waals surface area contributed by atoms with Gasteiger partial charge in [-0.2, -0.15) is 8.42 Å². The van der Waals surface area contributed by atoms with Crippen LogP contribution in [0.1, 0.15) is 6.92 Å². The van der Waals surface area contributed by atoms with Gasteiger partial charge in [0.05, 0.1) is 0 Å². The number of hydrogen-bond acceptors (Lipinski definition) is 6. The number of halogens is 1. The first-order chi connectivity index (χ1) is 9.34. The maximum atomic E-state index is 12.4. The number of nitrogens with zero attached hydrogens (tertiary/aromatic N) is 3. The number of benzene rings is 1. The summed E-state index contributed by atoms with van der Waals surface area (Å²) < 4.78 is 42.7. The molecule has 0 unspecified atom stereocenters. The number of rotatable bonds is 4. The van der Waals surface area contributed by atoms with Crippen molar-refractivity contribution in [2.24, 2.45) is 3.77 Å². The maximum Gasteiger partial charge on any atom is 0.348 e. The van der Waals surface area contributed by atoms with Gasteiger partial charge >= 0.3 is 14.5 Å². The molecule has 0 saturated heterocycles. The minimum atomic E-state index is -4.30. The molecule has 1 aromatic carbocycles. The van der Waals surface area contributed by atoms with Crippen LogP contribution in [0.5, 0.6) is 0 Å². The van der Waals surface area contributed by atoms with Crippen molar-refractivity contribution in [2.45, 2.75) is 12.1 Å². The fraction of sp³-hybridized carbons (Fsp3) is 0.200. The third-order valence-electron chi connectivity index (χ3n) is 2.30. The zero-order valence-corrected chi connectivity index (χ0v) is 12.7. The minimum absolute atomic E-state index is 0.116. The summed E-state index contributed by atoms with van der Waals surface area (Å²) >= 11 is 0. The third-order valence-corrected chi connectivity index (χ3v) is 5.98. The van der Waals surface area contributed by atoms with Crippen LogP contribution in [0.25, 0.3) is 11.5 Å². The molecule has 2 rings (SSSR count). The molecule has 1 aromatic heterocycles. The molecule has 0 amide bonds. The van der Waals surface area contributed by atoms with Crippen molar-refractivity contribution in [1.29, 1.82) is 0 Å². The fourth-order valence-corrected chi connectivity index (χ4v) is 4.66. The lowest BCUT2D eigenvalue weighted by Gasteiger charge is -1.99. The summed E-state index contributed by atoms with van der Waals surface area (Å²) in [6, 6.07) is 8.79. The molecule has 20 heavy (non-hydrogen) atoms. The summed E-state index contributed by atoms with van der Waals surface area (Å²) in [5, 5.41) is 6.99. The Balaban J connectivity index is 2.53. The third kappa shape index (κ3) is 3.35. The molecule has 0 bridgehead atoms. The Morgan fingerprint density at radius 3 is 2.40 bits per heavy atom. The maximum absolute atomic E-state index is 12.4. The van der Waals surface area contributed by atoms with Crippen LogP contribution in [0.3, 0.4) is 0 Å². The van der Waals surface area contributed by atoms with Gasteiger partial charge < -0.3 is 4.42 Å². The molecule has 0 radical (unpaired) electrons. The van der Waals surface area contributed by atoms with Crippen LogP contribution in [-0.4, -0.2) is 28.6 Å². The standard InChI is InChI=1S/C10H10ClN3O4S2/c1-2-19(15,14-20(11,16)17)10-13-12-9(18-10)8-6-4-3-5-7-8/h3-7H,2H2,1H3/t19-/m1/s1. The smallest absolute Gasteiger partial charge is 0.348 e. The van der Waals surface area contributed by atoms with Gasteiger partial charge in [-0.05, 0) is 12.1 Å². The van der Waals surface area contributed by atoms with Crippen molar-refractivity contribution in [1.82, 2.24) is 10.2 Å². The van der Waals surface area contributed by atoms with Crippen molar-refractivity contribution >= 4 is 29.6 Å². The zero-order chi connectivity index (χ0) is 14.8. The highest BCUT2D eigenvalue weighted by molar-refractivity contribution is 8.17. The Morgan fingerprint density at radius 1 is 1.20 bits per heavy atom. The molecule has 0 saturated carbocycles. The average Bonchev–Trinajstić information content (AvgIpc) is 2.88. The topological polar surface area (TPSA) is 102 Å². The summed E-state index contributed by atoms with van der Waals surface area (Å²) in [7, 11) is -2.68. The van der Waals surface area contributed by atoms with Gasteiger partial charge in [-0.3, -0.25) is 0 Å². The van der Waals surface area contributed by atoms with Gasteiger partial charge in [-0.15, -0.1) is 5.10 Å². The van der Waals surface area contributed by atoms with Crippen LogP contribution in [0.15, 0.2) is 43.7 Å². The number of aromatic nitrogens is 2. The minimum Gasteiger partial charge on any atom is -0.409 e. The lowest BCUT2D eigenvalue weighted by Crippen LogP contribution is -2.06. The largest absolute Gasteiger partial charge is 0.409 e. The SMILES string of the molecule is CC[S@](=O)(=NS(=O)(=O)Cl)c1nnc(-c2ccccc2)o1. The molecule has 10 heteroatoms. The van der Waals surface area contributed by atoms with Crippen molar-refractivity contribution in [2.75, 3.05) is 5.75 Å². The molecule has 1 atom stereocenters. The molecule has 0 N–H and O–H groups in total. The summed E-state index contributed by atoms with van der Waals surface area (Å²) in [6.07, 6.45) is 0. The van der Waals surface area contributed by atoms with Crippen molar-refractivity contribution in [3.63, 3.8) is 0 Å². The van der Waals surface area contributed by atoms with Gasteiger partial charge in [0.1, 0.15) is 9.73 Å². The Labute approximate surface area is 120 Å². The molecular formula is C10H10ClN3O4S2. The van der Waals surface area contributed by atoms with Crippen molar-refractivity contribution < 1.29 is 17.0 Å². The lowest BCUT2D eigenvalue weighted by atomic mass is 10.2. The quantitative estimate of drug-likeness (QED) is 0.792. The van der Waals surface area contributed by atoms with E-state index in [2.05, 4.69) is 14.0 Å². The van der Waals surface area contributed by atoms with Gasteiger partial charge in [-0.25, -0.2) is 4.21 Å². The highest BCUT2D eigenvalue weighted by atomic mass is 35.7. The predicted octanol–water partition coefficient (Wildman–Crippen LogP) is 2.07. The molecule has 0 spiro atoms. The summed E-state index contributed by atoms with van der Waals surface area (Å²) in [4.78, 5) is 0. The van der Waals surface area contributed by atoms with E-state index in [1.807, 2.05) is 6.07 Å². The predicted molar refractivity (Wildman–Crippen MR) is 73.9 cm³/mol. The second kappa shape index (κ2) is 5.51. The molecule has 0 fully saturated rings. The zero-order valence-electron chi connectivity index (χ0n) is 10.3. The monoisotopic (exact) mass is 335 g/mol. The first-order valence-corrected chi connectivity index (χ1v) is 9.39. The fourth-order valence-electron chi connectivity index (χ4n) is 1.39. The van der Waals surface area contributed by atoms with E-state index in [0.717, 1.165) is 0 Å². The van der Waals surface area contributed by atoms with Crippen LogP contribution in [-0.2, 0) is 19.0 Å². The number of hydrogen-bond donors (Lipinski definition) is 0. The highest BCUT2D eigenvalue weighted by Crippen LogP contribution is 2.22. The van der Waals surface area contributed by atoms with Gasteiger partial charge in [0.15, 0.2) is 0 Å². The molecular weight excluding hydrogens is 326 g/mol. The van der Waals surface area contributed by atoms with Crippen LogP contribution >= 0.6 is 10.7 Å². The first-order valence-electron chi connectivity index (χ1n) is 5.44. The highest BCUT2D eigenvalue weighted by Gasteiger charge is 2.22. The van der Waals surface area contributed by atoms with Gasteiger partial charge in [-0.1, -0.05) is 34.0 Å². The Morgan fingerprint density at radius 2 is 1.85 bits per heavy atom. The summed E-state index contributed by atoms with van der Waals surface area (Å²) in [5.74, 6) is 0.0130. The Bertz CT molecular complexity index is 823. The van der Waals surface area contributed by atoms with Crippen LogP contribution in [0.4, 0.5) is 0 Å². The first kappa shape index (κ1) is 14.9. The van der Waals surface area contributed by atoms with E-state index in [1.165, 1.54) is 6.92 Å². The molecule has 0 aliphatic heterocycles. The van der Waals surface area contributed by atoms with Crippen molar-refractivity contribution in [3.05, 3.63) is 30.3 Å². The molecule has 7 nitrogen and oxygen atoms in total. The second-order valence-corrected chi connectivity index (χ2v) is 8.45. The van der Waals surface area contributed by atoms with E-state index in [4.69, 9.17) is 15.1 Å². The lowest BCUT2D eigenvalue weighted by molar-refractivity contribution is 0.454. The van der Waals surface area contributed by atoms with Gasteiger partial charge in [0, 0.05) is 22.0 Å². The van der Waals surface area contributed by atoms with Gasteiger partial charge in [0.25, 0.3) is 0 Å². The van der Waals surface area contributed by atoms with Gasteiger partial charge in [0.2, 0.25) is 5.89 Å². The molecule has 2 aromatic rings. The molecule has 1 heterocycles. The van der Waals surface area contributed by atoms with Crippen LogP contribution in [0.2, 0.25) is 0 Å². The normalized spacial score (nSPS) is 14.7. The van der Waals surface area contributed by atoms with Crippen molar-refractivity contribution in [3.8, 4) is 11.5 Å². The van der Waals surface area contributed by atoms with Crippen LogP contribution < -0.4 is 0 Å². The van der Waals surface area contributed by atoms with E-state index in [1.54, 1.807) is 24.3 Å². The van der Waals surface area contributed by atoms with E-state index in [9.17, 15) is 12.6 Å². The Kier molecular flexibility index (Phi) is 4.11. The van der Waals surface area contributed by atoms with E-state index >= 15 is 0 Å². The van der Waals surface area contributed by atoms with E-state index in [0.29, 0.717) is 5.56 Å². The van der Waals surface area contributed by atoms with E-state index < -0.39 is 19.0 Å². The average molecular weight is 336 g/mol. The molecule has 0 aliphatic carbocycles. The molecule has 108 valence electrons. The summed E-state index contributed by atoms with van der Waals surface area (Å²) in [5.41, 5.74) is 0.623. The van der Waals surface area contributed by atoms with E-state index in [-0.39, 0.29) is 16.9 Å². The molecule has 0 aliphatic rings. The summed E-state index contributed by atoms with van der Waals surface area (Å²) in [6.45, 7) is 1.49. The Hall–Kier alpha value is -1.45. The second-order valence-electron chi connectivity index (χ2n) is 3.65.